The molecule has 1 aliphatic heterocycles. The molecule has 4 amide bonds. The summed E-state index contributed by atoms with van der Waals surface area (Å²) in [7, 11) is 0. The number of carboxylic acids is 1. The largest absolute Gasteiger partial charge is 0.480 e. The topological polar surface area (TPSA) is 249 Å². The molecule has 15 heteroatoms. The van der Waals surface area contributed by atoms with Gasteiger partial charge < -0.3 is 53.0 Å². The smallest absolute Gasteiger partial charge is 0.323 e. The highest BCUT2D eigenvalue weighted by molar-refractivity contribution is 5.95. The number of amides is 4. The number of nitrogens with two attached hydrogens (primary N) is 2. The van der Waals surface area contributed by atoms with Crippen LogP contribution in [0.1, 0.15) is 63.5 Å². The van der Waals surface area contributed by atoms with E-state index in [1.165, 1.54) is 4.90 Å². The number of aliphatic hydroxyl groups excluding tert-OH is 2. The molecular weight excluding hydrogens is 694 g/mol. The zero-order valence-corrected chi connectivity index (χ0v) is 31.4. The van der Waals surface area contributed by atoms with Gasteiger partial charge >= 0.3 is 5.97 Å². The van der Waals surface area contributed by atoms with Gasteiger partial charge in [-0.1, -0.05) is 74.5 Å². The van der Waals surface area contributed by atoms with Crippen molar-refractivity contribution in [3.05, 3.63) is 71.8 Å². The molecule has 54 heavy (non-hydrogen) atoms. The number of aliphatic carboxylic acids is 1. The Hall–Kier alpha value is -4.41. The maximum atomic E-state index is 14.0. The molecule has 11 N–H and O–H groups in total. The summed E-state index contributed by atoms with van der Waals surface area (Å²) in [4.78, 5) is 68.4. The van der Waals surface area contributed by atoms with Crippen molar-refractivity contribution < 1.29 is 39.3 Å². The summed E-state index contributed by atoms with van der Waals surface area (Å²) in [5.41, 5.74) is 12.5. The number of hydrogen-bond acceptors (Lipinski definition) is 10. The number of carbonyl (C=O) groups is 5. The van der Waals surface area contributed by atoms with Gasteiger partial charge in [-0.3, -0.25) is 24.0 Å². The Bertz CT molecular complexity index is 1480. The van der Waals surface area contributed by atoms with Crippen LogP contribution in [-0.4, -0.2) is 118 Å². The predicted molar refractivity (Wildman–Crippen MR) is 204 cm³/mol. The highest BCUT2D eigenvalue weighted by Gasteiger charge is 2.40. The number of nitrogens with zero attached hydrogens (tertiary/aromatic N) is 1. The average Bonchev–Trinajstić information content (AvgIpc) is 3.15. The van der Waals surface area contributed by atoms with Crippen molar-refractivity contribution >= 4 is 29.6 Å². The highest BCUT2D eigenvalue weighted by Crippen LogP contribution is 2.21. The lowest BCUT2D eigenvalue weighted by molar-refractivity contribution is -0.148. The van der Waals surface area contributed by atoms with Crippen molar-refractivity contribution in [1.82, 2.24) is 26.2 Å². The van der Waals surface area contributed by atoms with Crippen molar-refractivity contribution in [2.24, 2.45) is 17.4 Å². The average molecular weight is 754 g/mol. The molecule has 4 unspecified atom stereocenters. The Morgan fingerprint density at radius 3 is 1.81 bits per heavy atom. The summed E-state index contributed by atoms with van der Waals surface area (Å²) in [5, 5.41) is 39.8. The zero-order chi connectivity index (χ0) is 39.7. The van der Waals surface area contributed by atoms with Crippen molar-refractivity contribution in [1.29, 1.82) is 0 Å². The molecule has 2 aromatic rings. The summed E-state index contributed by atoms with van der Waals surface area (Å²) in [6, 6.07) is 13.9. The van der Waals surface area contributed by atoms with Crippen molar-refractivity contribution in [2.75, 3.05) is 32.8 Å². The Balaban J connectivity index is 1.78. The number of carbonyl (C=O) groups excluding carboxylic acids is 4. The summed E-state index contributed by atoms with van der Waals surface area (Å²) >= 11 is 0. The minimum absolute atomic E-state index is 0.0375. The second-order valence-corrected chi connectivity index (χ2v) is 14.6. The molecule has 1 heterocycles. The molecule has 0 aliphatic carbocycles. The van der Waals surface area contributed by atoms with Crippen LogP contribution in [0.3, 0.4) is 0 Å². The van der Waals surface area contributed by atoms with Crippen molar-refractivity contribution in [3.63, 3.8) is 0 Å². The van der Waals surface area contributed by atoms with Crippen LogP contribution >= 0.6 is 0 Å². The molecule has 3 rings (SSSR count). The zero-order valence-electron chi connectivity index (χ0n) is 31.4. The molecule has 0 aromatic heterocycles. The SMILES string of the molecule is CC(C)CC(NC(=O)C(Cc1ccccc1)NC(=O)C(N)Cc1ccccc1)C(=O)NC(CCCCNC(CO)CO)C(=O)N1CCC(N)(C(=O)O)CC1. The quantitative estimate of drug-likeness (QED) is 0.0714. The van der Waals surface area contributed by atoms with Gasteiger partial charge in [0.1, 0.15) is 23.7 Å². The van der Waals surface area contributed by atoms with Crippen LogP contribution in [0.5, 0.6) is 0 Å². The molecular formula is C39H59N7O8. The van der Waals surface area contributed by atoms with Crippen LogP contribution in [0.4, 0.5) is 0 Å². The molecule has 15 nitrogen and oxygen atoms in total. The molecule has 0 spiro atoms. The Labute approximate surface area is 317 Å². The number of hydrogen-bond donors (Lipinski definition) is 9. The van der Waals surface area contributed by atoms with Gasteiger partial charge in [-0.15, -0.1) is 0 Å². The van der Waals surface area contributed by atoms with Crippen LogP contribution < -0.4 is 32.7 Å². The third-order valence-electron chi connectivity index (χ3n) is 9.69. The lowest BCUT2D eigenvalue weighted by Gasteiger charge is -2.38. The molecule has 0 saturated carbocycles. The Morgan fingerprint density at radius 2 is 1.28 bits per heavy atom. The molecule has 4 atom stereocenters. The van der Waals surface area contributed by atoms with E-state index in [0.29, 0.717) is 19.4 Å². The normalized spacial score (nSPS) is 16.3. The first-order valence-electron chi connectivity index (χ1n) is 18.8. The van der Waals surface area contributed by atoms with E-state index in [1.54, 1.807) is 0 Å². The van der Waals surface area contributed by atoms with Gasteiger partial charge in [0.2, 0.25) is 23.6 Å². The van der Waals surface area contributed by atoms with Gasteiger partial charge in [-0.2, -0.15) is 0 Å². The minimum Gasteiger partial charge on any atom is -0.480 e. The summed E-state index contributed by atoms with van der Waals surface area (Å²) < 4.78 is 0. The molecule has 0 bridgehead atoms. The van der Waals surface area contributed by atoms with Gasteiger partial charge in [0.15, 0.2) is 0 Å². The fourth-order valence-corrected chi connectivity index (χ4v) is 6.33. The first-order valence-corrected chi connectivity index (χ1v) is 18.8. The molecule has 1 saturated heterocycles. The van der Waals surface area contributed by atoms with Gasteiger partial charge in [0.05, 0.1) is 25.3 Å². The fourth-order valence-electron chi connectivity index (χ4n) is 6.33. The minimum atomic E-state index is -1.44. The van der Waals surface area contributed by atoms with Gasteiger partial charge in [-0.05, 0) is 68.5 Å². The van der Waals surface area contributed by atoms with E-state index in [1.807, 2.05) is 74.5 Å². The number of aliphatic hydroxyl groups is 2. The van der Waals surface area contributed by atoms with E-state index in [-0.39, 0.29) is 76.7 Å². The number of unbranched alkanes of at least 4 members (excludes halogenated alkanes) is 1. The van der Waals surface area contributed by atoms with E-state index in [4.69, 9.17) is 11.5 Å². The molecule has 0 radical (unpaired) electrons. The summed E-state index contributed by atoms with van der Waals surface area (Å²) in [6.45, 7) is 3.98. The standard InChI is InChI=1S/C39H59N7O8/c1-26(2)21-32(45-36(51)33(23-28-13-7-4-8-14-28)44-34(49)30(40)22-27-11-5-3-6-12-27)35(50)43-31(15-9-10-18-42-29(24-47)25-48)37(52)46-19-16-39(41,17-20-46)38(53)54/h3-8,11-14,26,29-33,42,47-48H,9-10,15-25,40-41H2,1-2H3,(H,43,50)(H,44,49)(H,45,51)(H,53,54). The van der Waals surface area contributed by atoms with Gasteiger partial charge in [0.25, 0.3) is 0 Å². The second kappa shape index (κ2) is 22.1. The van der Waals surface area contributed by atoms with Crippen molar-refractivity contribution in [3.8, 4) is 0 Å². The summed E-state index contributed by atoms with van der Waals surface area (Å²) in [6.07, 6.45) is 2.06. The van der Waals surface area contributed by atoms with Crippen molar-refractivity contribution in [2.45, 2.75) is 101 Å². The maximum absolute atomic E-state index is 14.0. The van der Waals surface area contributed by atoms with Crippen LogP contribution in [0.15, 0.2) is 60.7 Å². The van der Waals surface area contributed by atoms with E-state index >= 15 is 0 Å². The van der Waals surface area contributed by atoms with Crippen LogP contribution in [0.25, 0.3) is 0 Å². The van der Waals surface area contributed by atoms with E-state index in [2.05, 4.69) is 21.3 Å². The van der Waals surface area contributed by atoms with E-state index < -0.39 is 59.4 Å². The Morgan fingerprint density at radius 1 is 0.759 bits per heavy atom. The number of nitrogens with one attached hydrogen (secondary N) is 4. The summed E-state index contributed by atoms with van der Waals surface area (Å²) in [5.74, 6) is -3.23. The number of rotatable bonds is 22. The predicted octanol–water partition coefficient (Wildman–Crippen LogP) is -0.183. The van der Waals surface area contributed by atoms with Gasteiger partial charge in [-0.25, -0.2) is 0 Å². The van der Waals surface area contributed by atoms with Gasteiger partial charge in [0, 0.05) is 19.5 Å². The molecule has 2 aromatic carbocycles. The lowest BCUT2D eigenvalue weighted by atomic mass is 9.88. The first-order chi connectivity index (χ1) is 25.8. The lowest BCUT2D eigenvalue weighted by Crippen LogP contribution is -2.60. The monoisotopic (exact) mass is 753 g/mol. The number of benzene rings is 2. The molecule has 1 fully saturated rings. The second-order valence-electron chi connectivity index (χ2n) is 14.6. The highest BCUT2D eigenvalue weighted by atomic mass is 16.4. The number of likely N-dealkylation sites (tertiary alicyclic amines) is 1. The van der Waals surface area contributed by atoms with Crippen LogP contribution in [0.2, 0.25) is 0 Å². The number of piperidine rings is 1. The Kier molecular flexibility index (Phi) is 18.0. The first kappa shape index (κ1) is 44.0. The third-order valence-corrected chi connectivity index (χ3v) is 9.69. The number of carboxylic acid groups (broad SMARTS) is 1. The van der Waals surface area contributed by atoms with E-state index in [9.17, 15) is 39.3 Å². The molecule has 298 valence electrons. The maximum Gasteiger partial charge on any atom is 0.323 e. The van der Waals surface area contributed by atoms with Crippen LogP contribution in [-0.2, 0) is 36.8 Å². The van der Waals surface area contributed by atoms with E-state index in [0.717, 1.165) is 11.1 Å². The molecule has 1 aliphatic rings. The fraction of sp³-hybridized carbons (Fsp3) is 0.564. The third kappa shape index (κ3) is 14.1. The van der Waals surface area contributed by atoms with Crippen LogP contribution in [0, 0.1) is 5.92 Å².